The van der Waals surface area contributed by atoms with E-state index in [1.165, 1.54) is 0 Å². The normalized spacial score (nSPS) is 15.2. The lowest BCUT2D eigenvalue weighted by atomic mass is 9.89. The number of benzene rings is 3. The first-order chi connectivity index (χ1) is 19.7. The largest absolute Gasteiger partial charge is 0.481 e. The Morgan fingerprint density at radius 2 is 1.37 bits per heavy atom. The van der Waals surface area contributed by atoms with Crippen LogP contribution in [-0.2, 0) is 25.7 Å². The second-order valence-corrected chi connectivity index (χ2v) is 10.9. The summed E-state index contributed by atoms with van der Waals surface area (Å²) < 4.78 is 11.7. The molecule has 1 aliphatic carbocycles. The fourth-order valence-corrected chi connectivity index (χ4v) is 5.54. The van der Waals surface area contributed by atoms with Crippen LogP contribution in [0.2, 0.25) is 0 Å². The minimum Gasteiger partial charge on any atom is -0.481 e. The lowest BCUT2D eigenvalue weighted by Crippen LogP contribution is -2.56. The highest BCUT2D eigenvalue weighted by Gasteiger charge is 2.35. The minimum atomic E-state index is -1.11. The van der Waals surface area contributed by atoms with Crippen LogP contribution in [-0.4, -0.2) is 47.9 Å². The molecule has 0 bridgehead atoms. The Morgan fingerprint density at radius 3 is 1.93 bits per heavy atom. The first-order valence-electron chi connectivity index (χ1n) is 14.0. The maximum atomic E-state index is 13.4. The number of carbonyl (C=O) groups excluding carboxylic acids is 2. The summed E-state index contributed by atoms with van der Waals surface area (Å²) in [4.78, 5) is 38.3. The topological polar surface area (TPSA) is 114 Å². The Bertz CT molecular complexity index is 1310. The number of carboxylic acid groups (broad SMARTS) is 1. The summed E-state index contributed by atoms with van der Waals surface area (Å²) in [6.07, 6.45) is -1.49. The predicted octanol–water partition coefficient (Wildman–Crippen LogP) is 5.36. The van der Waals surface area contributed by atoms with Gasteiger partial charge in [-0.25, -0.2) is 4.79 Å². The fourth-order valence-electron chi connectivity index (χ4n) is 5.54. The molecular formula is C33H38N2O6. The van der Waals surface area contributed by atoms with E-state index in [0.717, 1.165) is 27.8 Å². The van der Waals surface area contributed by atoms with Crippen LogP contribution in [0.25, 0.3) is 11.1 Å². The monoisotopic (exact) mass is 558 g/mol. The first-order valence-corrected chi connectivity index (χ1v) is 14.0. The van der Waals surface area contributed by atoms with Gasteiger partial charge in [0, 0.05) is 12.0 Å². The number of aliphatic carboxylic acids is 1. The lowest BCUT2D eigenvalue weighted by molar-refractivity contribution is -0.144. The molecule has 0 aromatic heterocycles. The van der Waals surface area contributed by atoms with Crippen molar-refractivity contribution >= 4 is 18.0 Å². The number of carboxylic acids is 1. The van der Waals surface area contributed by atoms with Crippen molar-refractivity contribution in [2.75, 3.05) is 6.61 Å². The minimum absolute atomic E-state index is 0.0955. The molecule has 216 valence electrons. The van der Waals surface area contributed by atoms with Crippen molar-refractivity contribution in [2.24, 2.45) is 11.8 Å². The predicted molar refractivity (Wildman–Crippen MR) is 156 cm³/mol. The summed E-state index contributed by atoms with van der Waals surface area (Å²) in [5.74, 6) is -2.67. The SMILES string of the molecule is CC(C)C(C(=O)O)C(C)NC(=O)[C@H](NC(=O)OCC1c2ccccc2-c2ccccc21)[C@H](C)OCc1ccccc1. The van der Waals surface area contributed by atoms with Gasteiger partial charge in [0.2, 0.25) is 5.91 Å². The zero-order chi connectivity index (χ0) is 29.5. The van der Waals surface area contributed by atoms with Gasteiger partial charge in [0.05, 0.1) is 18.6 Å². The van der Waals surface area contributed by atoms with Crippen LogP contribution in [0.1, 0.15) is 50.3 Å². The summed E-state index contributed by atoms with van der Waals surface area (Å²) in [7, 11) is 0. The highest BCUT2D eigenvalue weighted by atomic mass is 16.5. The summed E-state index contributed by atoms with van der Waals surface area (Å²) in [5, 5.41) is 15.1. The second-order valence-electron chi connectivity index (χ2n) is 10.9. The van der Waals surface area contributed by atoms with E-state index < -0.39 is 42.1 Å². The van der Waals surface area contributed by atoms with Crippen LogP contribution >= 0.6 is 0 Å². The average Bonchev–Trinajstić information content (AvgIpc) is 3.27. The van der Waals surface area contributed by atoms with Gasteiger partial charge >= 0.3 is 12.1 Å². The Labute approximate surface area is 241 Å². The smallest absolute Gasteiger partial charge is 0.407 e. The molecule has 0 heterocycles. The number of hydrogen-bond acceptors (Lipinski definition) is 5. The molecular weight excluding hydrogens is 520 g/mol. The van der Waals surface area contributed by atoms with Crippen LogP contribution < -0.4 is 10.6 Å². The van der Waals surface area contributed by atoms with Gasteiger partial charge < -0.3 is 25.2 Å². The molecule has 4 atom stereocenters. The summed E-state index contributed by atoms with van der Waals surface area (Å²) in [6.45, 7) is 7.25. The van der Waals surface area contributed by atoms with Crippen LogP contribution in [0.15, 0.2) is 78.9 Å². The van der Waals surface area contributed by atoms with E-state index in [-0.39, 0.29) is 25.0 Å². The van der Waals surface area contributed by atoms with E-state index in [1.54, 1.807) is 27.7 Å². The molecule has 0 radical (unpaired) electrons. The van der Waals surface area contributed by atoms with Gasteiger partial charge in [-0.2, -0.15) is 0 Å². The second kappa shape index (κ2) is 13.5. The maximum absolute atomic E-state index is 13.4. The Balaban J connectivity index is 1.46. The molecule has 8 nitrogen and oxygen atoms in total. The molecule has 2 amide bonds. The van der Waals surface area contributed by atoms with Crippen LogP contribution in [0.3, 0.4) is 0 Å². The van der Waals surface area contributed by atoms with Gasteiger partial charge in [-0.1, -0.05) is 92.7 Å². The Hall–Kier alpha value is -4.17. The highest BCUT2D eigenvalue weighted by Crippen LogP contribution is 2.44. The van der Waals surface area contributed by atoms with E-state index in [9.17, 15) is 19.5 Å². The van der Waals surface area contributed by atoms with Gasteiger partial charge in [0.1, 0.15) is 12.6 Å². The van der Waals surface area contributed by atoms with E-state index in [2.05, 4.69) is 22.8 Å². The molecule has 3 aromatic carbocycles. The number of carbonyl (C=O) groups is 3. The van der Waals surface area contributed by atoms with Crippen molar-refractivity contribution < 1.29 is 29.0 Å². The van der Waals surface area contributed by atoms with E-state index >= 15 is 0 Å². The molecule has 2 unspecified atom stereocenters. The number of ether oxygens (including phenoxy) is 2. The lowest BCUT2D eigenvalue weighted by Gasteiger charge is -2.29. The van der Waals surface area contributed by atoms with Crippen molar-refractivity contribution in [2.45, 2.75) is 58.4 Å². The van der Waals surface area contributed by atoms with Crippen LogP contribution in [0.4, 0.5) is 4.79 Å². The number of alkyl carbamates (subject to hydrolysis) is 1. The molecule has 0 aliphatic heterocycles. The van der Waals surface area contributed by atoms with Crippen molar-refractivity contribution in [3.05, 3.63) is 95.6 Å². The zero-order valence-electron chi connectivity index (χ0n) is 23.9. The first kappa shape index (κ1) is 29.8. The van der Waals surface area contributed by atoms with Crippen molar-refractivity contribution in [3.63, 3.8) is 0 Å². The third kappa shape index (κ3) is 7.13. The fraction of sp³-hybridized carbons (Fsp3) is 0.364. The van der Waals surface area contributed by atoms with E-state index in [4.69, 9.17) is 9.47 Å². The Kier molecular flexibility index (Phi) is 9.78. The van der Waals surface area contributed by atoms with E-state index in [0.29, 0.717) is 0 Å². The number of hydrogen-bond donors (Lipinski definition) is 3. The van der Waals surface area contributed by atoms with Gasteiger partial charge in [0.15, 0.2) is 0 Å². The number of nitrogens with one attached hydrogen (secondary N) is 2. The molecule has 3 N–H and O–H groups in total. The van der Waals surface area contributed by atoms with Crippen molar-refractivity contribution in [1.29, 1.82) is 0 Å². The zero-order valence-corrected chi connectivity index (χ0v) is 23.9. The average molecular weight is 559 g/mol. The molecule has 0 saturated carbocycles. The molecule has 0 fully saturated rings. The molecule has 41 heavy (non-hydrogen) atoms. The molecule has 8 heteroatoms. The third-order valence-electron chi connectivity index (χ3n) is 7.64. The number of rotatable bonds is 12. The standard InChI is InChI=1S/C33H38N2O6/c1-20(2)29(32(37)38)21(3)34-31(36)30(22(4)40-18-23-12-6-5-7-13-23)35-33(39)41-19-28-26-16-10-8-14-24(26)25-15-9-11-17-27(25)28/h5-17,20-22,28-30H,18-19H2,1-4H3,(H,34,36)(H,35,39)(H,37,38)/t21?,22-,29?,30+/m0/s1. The molecule has 0 saturated heterocycles. The van der Waals surface area contributed by atoms with Crippen molar-refractivity contribution in [1.82, 2.24) is 10.6 Å². The van der Waals surface area contributed by atoms with Crippen LogP contribution in [0, 0.1) is 11.8 Å². The summed E-state index contributed by atoms with van der Waals surface area (Å²) in [6, 6.07) is 23.8. The molecule has 0 spiro atoms. The van der Waals surface area contributed by atoms with Gasteiger partial charge in [-0.15, -0.1) is 0 Å². The summed E-state index contributed by atoms with van der Waals surface area (Å²) in [5.41, 5.74) is 5.31. The number of fused-ring (bicyclic) bond motifs is 3. The number of amides is 2. The molecule has 4 rings (SSSR count). The highest BCUT2D eigenvalue weighted by molar-refractivity contribution is 5.87. The Morgan fingerprint density at radius 1 is 0.805 bits per heavy atom. The van der Waals surface area contributed by atoms with Crippen molar-refractivity contribution in [3.8, 4) is 11.1 Å². The molecule has 3 aromatic rings. The molecule has 1 aliphatic rings. The van der Waals surface area contributed by atoms with Gasteiger partial charge in [0.25, 0.3) is 0 Å². The van der Waals surface area contributed by atoms with Gasteiger partial charge in [-0.05, 0) is 47.6 Å². The van der Waals surface area contributed by atoms with E-state index in [1.807, 2.05) is 66.7 Å². The summed E-state index contributed by atoms with van der Waals surface area (Å²) >= 11 is 0. The van der Waals surface area contributed by atoms with Gasteiger partial charge in [-0.3, -0.25) is 9.59 Å². The quantitative estimate of drug-likeness (QED) is 0.276. The van der Waals surface area contributed by atoms with Crippen LogP contribution in [0.5, 0.6) is 0 Å². The third-order valence-corrected chi connectivity index (χ3v) is 7.64. The maximum Gasteiger partial charge on any atom is 0.407 e.